The second kappa shape index (κ2) is 7.25. The Balaban J connectivity index is 1.82. The second-order valence-electron chi connectivity index (χ2n) is 5.32. The van der Waals surface area contributed by atoms with E-state index in [1.54, 1.807) is 0 Å². The Bertz CT molecular complexity index is 391. The van der Waals surface area contributed by atoms with E-state index >= 15 is 0 Å². The fourth-order valence-electron chi connectivity index (χ4n) is 2.64. The number of halogens is 1. The monoisotopic (exact) mass is 282 g/mol. The van der Waals surface area contributed by atoms with Crippen LogP contribution in [0.25, 0.3) is 0 Å². The molecule has 106 valence electrons. The molecule has 0 saturated carbocycles. The van der Waals surface area contributed by atoms with E-state index in [0.717, 1.165) is 44.3 Å². The molecule has 0 bridgehead atoms. The number of hydrogen-bond acceptors (Lipinski definition) is 3. The first-order valence-corrected chi connectivity index (χ1v) is 7.38. The first kappa shape index (κ1) is 14.8. The van der Waals surface area contributed by atoms with Crippen molar-refractivity contribution in [3.8, 4) is 0 Å². The lowest BCUT2D eigenvalue weighted by molar-refractivity contribution is 0.109. The summed E-state index contributed by atoms with van der Waals surface area (Å²) in [5.74, 6) is 0.503. The minimum Gasteiger partial charge on any atom is -0.395 e. The average molecular weight is 283 g/mol. The molecular formula is C15H23ClN2O. The van der Waals surface area contributed by atoms with Crippen LogP contribution in [-0.4, -0.2) is 60.8 Å². The van der Waals surface area contributed by atoms with E-state index < -0.39 is 0 Å². The van der Waals surface area contributed by atoms with Crippen molar-refractivity contribution >= 4 is 11.6 Å². The maximum absolute atomic E-state index is 8.94. The molecule has 0 aliphatic carbocycles. The Hall–Kier alpha value is -0.610. The number of rotatable bonds is 5. The molecule has 1 fully saturated rings. The molecule has 19 heavy (non-hydrogen) atoms. The summed E-state index contributed by atoms with van der Waals surface area (Å²) in [6, 6.07) is 8.16. The van der Waals surface area contributed by atoms with Crippen molar-refractivity contribution in [2.45, 2.75) is 12.8 Å². The Kier molecular flexibility index (Phi) is 5.64. The van der Waals surface area contributed by atoms with Crippen LogP contribution in [0.1, 0.15) is 18.4 Å². The predicted octanol–water partition coefficient (Wildman–Crippen LogP) is 2.05. The van der Waals surface area contributed by atoms with Gasteiger partial charge in [-0.05, 0) is 23.6 Å². The van der Waals surface area contributed by atoms with Gasteiger partial charge in [-0.15, -0.1) is 0 Å². The van der Waals surface area contributed by atoms with E-state index in [4.69, 9.17) is 16.7 Å². The zero-order valence-electron chi connectivity index (χ0n) is 11.6. The number of β-amino-alcohol motifs (C(OH)–C–C–N with tert-alkyl or cyclic N) is 1. The highest BCUT2D eigenvalue weighted by Gasteiger charge is 2.18. The Morgan fingerprint density at radius 2 is 1.89 bits per heavy atom. The molecule has 0 amide bonds. The summed E-state index contributed by atoms with van der Waals surface area (Å²) in [6.45, 7) is 8.69. The molecule has 1 saturated heterocycles. The van der Waals surface area contributed by atoms with Crippen LogP contribution < -0.4 is 0 Å². The summed E-state index contributed by atoms with van der Waals surface area (Å²) in [5, 5.41) is 9.75. The minimum absolute atomic E-state index is 0.263. The van der Waals surface area contributed by atoms with E-state index in [1.165, 1.54) is 5.56 Å². The average Bonchev–Trinajstić information content (AvgIpc) is 2.41. The zero-order valence-corrected chi connectivity index (χ0v) is 12.3. The van der Waals surface area contributed by atoms with Gasteiger partial charge in [0, 0.05) is 44.3 Å². The summed E-state index contributed by atoms with van der Waals surface area (Å²) in [5.41, 5.74) is 1.31. The van der Waals surface area contributed by atoms with Crippen molar-refractivity contribution in [2.24, 2.45) is 0 Å². The van der Waals surface area contributed by atoms with Gasteiger partial charge in [-0.2, -0.15) is 0 Å². The molecule has 1 aromatic rings. The maximum atomic E-state index is 8.94. The van der Waals surface area contributed by atoms with Crippen molar-refractivity contribution in [1.29, 1.82) is 0 Å². The highest BCUT2D eigenvalue weighted by Crippen LogP contribution is 2.20. The van der Waals surface area contributed by atoms with Crippen LogP contribution in [0, 0.1) is 0 Å². The summed E-state index contributed by atoms with van der Waals surface area (Å²) in [7, 11) is 0. The quantitative estimate of drug-likeness (QED) is 0.895. The van der Waals surface area contributed by atoms with Crippen LogP contribution in [0.4, 0.5) is 0 Å². The topological polar surface area (TPSA) is 26.7 Å². The lowest BCUT2D eigenvalue weighted by atomic mass is 10.0. The molecule has 0 radical (unpaired) electrons. The Morgan fingerprint density at radius 1 is 1.21 bits per heavy atom. The molecule has 3 nitrogen and oxygen atoms in total. The molecule has 1 heterocycles. The van der Waals surface area contributed by atoms with Crippen molar-refractivity contribution in [3.63, 3.8) is 0 Å². The zero-order chi connectivity index (χ0) is 13.7. The lowest BCUT2D eigenvalue weighted by Gasteiger charge is -2.35. The molecule has 0 aromatic heterocycles. The third-order valence-corrected chi connectivity index (χ3v) is 4.07. The van der Waals surface area contributed by atoms with Gasteiger partial charge >= 0.3 is 0 Å². The van der Waals surface area contributed by atoms with Crippen LogP contribution in [0.2, 0.25) is 5.02 Å². The number of aliphatic hydroxyl groups excluding tert-OH is 1. The van der Waals surface area contributed by atoms with Crippen LogP contribution in [0.5, 0.6) is 0 Å². The molecule has 4 heteroatoms. The normalized spacial score (nSPS) is 19.5. The van der Waals surface area contributed by atoms with Crippen LogP contribution in [0.3, 0.4) is 0 Å². The molecular weight excluding hydrogens is 260 g/mol. The highest BCUT2D eigenvalue weighted by molar-refractivity contribution is 6.30. The highest BCUT2D eigenvalue weighted by atomic mass is 35.5. The Labute approximate surface area is 120 Å². The molecule has 1 aliphatic rings. The molecule has 1 aromatic carbocycles. The molecule has 2 rings (SSSR count). The number of benzene rings is 1. The third-order valence-electron chi connectivity index (χ3n) is 3.83. The van der Waals surface area contributed by atoms with Crippen molar-refractivity contribution in [3.05, 3.63) is 34.9 Å². The van der Waals surface area contributed by atoms with E-state index in [1.807, 2.05) is 12.1 Å². The maximum Gasteiger partial charge on any atom is 0.0558 e. The smallest absolute Gasteiger partial charge is 0.0558 e. The van der Waals surface area contributed by atoms with Crippen molar-refractivity contribution in [2.75, 3.05) is 45.9 Å². The minimum atomic E-state index is 0.263. The molecule has 1 atom stereocenters. The first-order valence-electron chi connectivity index (χ1n) is 7.00. The summed E-state index contributed by atoms with van der Waals surface area (Å²) < 4.78 is 0. The summed E-state index contributed by atoms with van der Waals surface area (Å²) in [4.78, 5) is 4.82. The fraction of sp³-hybridized carbons (Fsp3) is 0.600. The molecule has 1 N–H and O–H groups in total. The van der Waals surface area contributed by atoms with Gasteiger partial charge in [0.15, 0.2) is 0 Å². The van der Waals surface area contributed by atoms with Crippen LogP contribution >= 0.6 is 11.6 Å². The number of hydrogen-bond donors (Lipinski definition) is 1. The third kappa shape index (κ3) is 4.46. The van der Waals surface area contributed by atoms with Crippen LogP contribution in [-0.2, 0) is 0 Å². The van der Waals surface area contributed by atoms with E-state index in [0.29, 0.717) is 5.92 Å². The van der Waals surface area contributed by atoms with Crippen molar-refractivity contribution < 1.29 is 5.11 Å². The van der Waals surface area contributed by atoms with Gasteiger partial charge in [-0.1, -0.05) is 30.7 Å². The summed E-state index contributed by atoms with van der Waals surface area (Å²) >= 11 is 6.04. The SMILES string of the molecule is C[C@H](CN1CCN(CCO)CC1)c1cccc(Cl)c1. The van der Waals surface area contributed by atoms with Gasteiger partial charge in [-0.25, -0.2) is 0 Å². The molecule has 0 spiro atoms. The predicted molar refractivity (Wildman–Crippen MR) is 79.8 cm³/mol. The Morgan fingerprint density at radius 3 is 2.53 bits per heavy atom. The largest absolute Gasteiger partial charge is 0.395 e. The standard InChI is InChI=1S/C15H23ClN2O/c1-13(14-3-2-4-15(16)11-14)12-18-7-5-17(6-8-18)9-10-19/h2-4,11,13,19H,5-10,12H2,1H3/t13-/m1/s1. The first-order chi connectivity index (χ1) is 9.19. The van der Waals surface area contributed by atoms with E-state index in [-0.39, 0.29) is 6.61 Å². The lowest BCUT2D eigenvalue weighted by Crippen LogP contribution is -2.47. The van der Waals surface area contributed by atoms with E-state index in [9.17, 15) is 0 Å². The number of piperazine rings is 1. The van der Waals surface area contributed by atoms with Gasteiger partial charge in [-0.3, -0.25) is 4.90 Å². The van der Waals surface area contributed by atoms with Gasteiger partial charge in [0.25, 0.3) is 0 Å². The molecule has 1 aliphatic heterocycles. The molecule has 0 unspecified atom stereocenters. The van der Waals surface area contributed by atoms with Gasteiger partial charge in [0.2, 0.25) is 0 Å². The van der Waals surface area contributed by atoms with E-state index in [2.05, 4.69) is 28.9 Å². The van der Waals surface area contributed by atoms with Crippen LogP contribution in [0.15, 0.2) is 24.3 Å². The number of aliphatic hydroxyl groups is 1. The summed E-state index contributed by atoms with van der Waals surface area (Å²) in [6.07, 6.45) is 0. The fourth-order valence-corrected chi connectivity index (χ4v) is 2.84. The number of nitrogens with zero attached hydrogens (tertiary/aromatic N) is 2. The second-order valence-corrected chi connectivity index (χ2v) is 5.76. The van der Waals surface area contributed by atoms with Gasteiger partial charge in [0.1, 0.15) is 0 Å². The van der Waals surface area contributed by atoms with Gasteiger partial charge in [0.05, 0.1) is 6.61 Å². The van der Waals surface area contributed by atoms with Crippen molar-refractivity contribution in [1.82, 2.24) is 9.80 Å². The van der Waals surface area contributed by atoms with Gasteiger partial charge < -0.3 is 10.0 Å².